The summed E-state index contributed by atoms with van der Waals surface area (Å²) in [7, 11) is 2.94. The largest absolute Gasteiger partial charge is 0.468 e. The third-order valence-electron chi connectivity index (χ3n) is 1.74. The van der Waals surface area contributed by atoms with E-state index in [1.54, 1.807) is 7.05 Å². The number of hydrogen-bond acceptors (Lipinski definition) is 4. The highest BCUT2D eigenvalue weighted by Crippen LogP contribution is 2.03. The molecule has 0 aromatic heterocycles. The Balaban J connectivity index is 4.03. The van der Waals surface area contributed by atoms with Crippen molar-refractivity contribution in [3.05, 3.63) is 0 Å². The van der Waals surface area contributed by atoms with Gasteiger partial charge in [0.2, 0.25) is 0 Å². The number of methoxy groups -OCH3 is 1. The fourth-order valence-electron chi connectivity index (χ4n) is 1.06. The van der Waals surface area contributed by atoms with Gasteiger partial charge in [0, 0.05) is 0 Å². The fraction of sp³-hybridized carbons (Fsp3) is 0.875. The molecule has 0 bridgehead atoms. The molecule has 0 aromatic carbocycles. The van der Waals surface area contributed by atoms with Crippen molar-refractivity contribution < 1.29 is 14.6 Å². The summed E-state index contributed by atoms with van der Waals surface area (Å²) in [4.78, 5) is 11.0. The molecule has 12 heavy (non-hydrogen) atoms. The van der Waals surface area contributed by atoms with Crippen molar-refractivity contribution in [1.82, 2.24) is 5.32 Å². The zero-order valence-electron chi connectivity index (χ0n) is 7.83. The average Bonchev–Trinajstić information content (AvgIpc) is 2.06. The Labute approximate surface area is 72.9 Å². The first-order valence-corrected chi connectivity index (χ1v) is 4.10. The Morgan fingerprint density at radius 2 is 2.25 bits per heavy atom. The number of likely N-dealkylation sites (N-methyl/N-ethyl adjacent to an activating group) is 1. The van der Waals surface area contributed by atoms with Crippen molar-refractivity contribution in [2.24, 2.45) is 0 Å². The van der Waals surface area contributed by atoms with Crippen LogP contribution in [-0.2, 0) is 9.53 Å². The number of esters is 1. The van der Waals surface area contributed by atoms with Gasteiger partial charge in [-0.2, -0.15) is 0 Å². The van der Waals surface area contributed by atoms with E-state index in [0.29, 0.717) is 6.42 Å². The van der Waals surface area contributed by atoms with Crippen molar-refractivity contribution in [3.63, 3.8) is 0 Å². The van der Waals surface area contributed by atoms with Crippen LogP contribution in [0.4, 0.5) is 0 Å². The lowest BCUT2D eigenvalue weighted by Crippen LogP contribution is -2.44. The number of aliphatic hydroxyl groups excluding tert-OH is 1. The van der Waals surface area contributed by atoms with Crippen LogP contribution in [0.3, 0.4) is 0 Å². The number of ether oxygens (including phenoxy) is 1. The second-order valence-corrected chi connectivity index (χ2v) is 2.65. The summed E-state index contributed by atoms with van der Waals surface area (Å²) in [5.74, 6) is -0.418. The summed E-state index contributed by atoms with van der Waals surface area (Å²) in [5, 5.41) is 12.2. The van der Waals surface area contributed by atoms with E-state index in [1.165, 1.54) is 7.11 Å². The van der Waals surface area contributed by atoms with Gasteiger partial charge in [-0.25, -0.2) is 0 Å². The summed E-state index contributed by atoms with van der Waals surface area (Å²) in [6.07, 6.45) is 0.782. The van der Waals surface area contributed by atoms with Crippen molar-refractivity contribution in [3.8, 4) is 0 Å². The van der Waals surface area contributed by atoms with Gasteiger partial charge in [-0.1, -0.05) is 13.3 Å². The van der Waals surface area contributed by atoms with Crippen LogP contribution in [0, 0.1) is 0 Å². The minimum atomic E-state index is -0.660. The number of hydrogen-bond donors (Lipinski definition) is 2. The highest BCUT2D eigenvalue weighted by Gasteiger charge is 2.24. The van der Waals surface area contributed by atoms with E-state index >= 15 is 0 Å². The monoisotopic (exact) mass is 175 g/mol. The maximum atomic E-state index is 11.0. The van der Waals surface area contributed by atoms with E-state index in [0.717, 1.165) is 6.42 Å². The van der Waals surface area contributed by atoms with Crippen LogP contribution in [0.1, 0.15) is 19.8 Å². The first kappa shape index (κ1) is 11.4. The minimum Gasteiger partial charge on any atom is -0.468 e. The SMILES string of the molecule is CCC[C@@H](O)[C@H](NC)C(=O)OC. The van der Waals surface area contributed by atoms with Gasteiger partial charge in [0.25, 0.3) is 0 Å². The predicted molar refractivity (Wildman–Crippen MR) is 45.8 cm³/mol. The summed E-state index contributed by atoms with van der Waals surface area (Å²) >= 11 is 0. The lowest BCUT2D eigenvalue weighted by Gasteiger charge is -2.19. The molecule has 0 heterocycles. The Morgan fingerprint density at radius 3 is 2.58 bits per heavy atom. The molecule has 72 valence electrons. The fourth-order valence-corrected chi connectivity index (χ4v) is 1.06. The standard InChI is InChI=1S/C8H17NO3/c1-4-5-6(10)7(9-2)8(11)12-3/h6-7,9-10H,4-5H2,1-3H3/t6-,7+/m1/s1. The molecule has 0 fully saturated rings. The maximum Gasteiger partial charge on any atom is 0.325 e. The minimum absolute atomic E-state index is 0.418. The van der Waals surface area contributed by atoms with E-state index in [4.69, 9.17) is 0 Å². The molecule has 2 N–H and O–H groups in total. The summed E-state index contributed by atoms with van der Waals surface area (Å²) in [6, 6.07) is -0.602. The van der Waals surface area contributed by atoms with Gasteiger partial charge in [0.1, 0.15) is 6.04 Å². The van der Waals surface area contributed by atoms with Crippen LogP contribution >= 0.6 is 0 Å². The molecule has 0 aromatic rings. The molecule has 0 saturated carbocycles. The van der Waals surface area contributed by atoms with Crippen LogP contribution in [0.2, 0.25) is 0 Å². The molecule has 0 aliphatic heterocycles. The predicted octanol–water partition coefficient (Wildman–Crippen LogP) is -0.0916. The van der Waals surface area contributed by atoms with E-state index in [2.05, 4.69) is 10.1 Å². The number of nitrogens with one attached hydrogen (secondary N) is 1. The maximum absolute atomic E-state index is 11.0. The van der Waals surface area contributed by atoms with Crippen LogP contribution in [0.25, 0.3) is 0 Å². The molecule has 0 radical (unpaired) electrons. The number of rotatable bonds is 5. The van der Waals surface area contributed by atoms with Gasteiger partial charge >= 0.3 is 5.97 Å². The topological polar surface area (TPSA) is 58.6 Å². The van der Waals surface area contributed by atoms with Crippen molar-refractivity contribution >= 4 is 5.97 Å². The highest BCUT2D eigenvalue weighted by atomic mass is 16.5. The molecule has 0 amide bonds. The third-order valence-corrected chi connectivity index (χ3v) is 1.74. The van der Waals surface area contributed by atoms with Gasteiger partial charge in [-0.05, 0) is 13.5 Å². The lowest BCUT2D eigenvalue weighted by molar-refractivity contribution is -0.146. The molecular formula is C8H17NO3. The third kappa shape index (κ3) is 3.19. The van der Waals surface area contributed by atoms with Crippen molar-refractivity contribution in [2.75, 3.05) is 14.2 Å². The zero-order valence-corrected chi connectivity index (χ0v) is 7.83. The second-order valence-electron chi connectivity index (χ2n) is 2.65. The lowest BCUT2D eigenvalue weighted by atomic mass is 10.1. The Kier molecular flexibility index (Phi) is 5.66. The second kappa shape index (κ2) is 5.97. The molecule has 0 unspecified atom stereocenters. The molecule has 4 nitrogen and oxygen atoms in total. The van der Waals surface area contributed by atoms with Gasteiger partial charge in [0.05, 0.1) is 13.2 Å². The molecular weight excluding hydrogens is 158 g/mol. The molecule has 0 spiro atoms. The Morgan fingerprint density at radius 1 is 1.67 bits per heavy atom. The van der Waals surface area contributed by atoms with Gasteiger partial charge in [-0.3, -0.25) is 4.79 Å². The van der Waals surface area contributed by atoms with Crippen LogP contribution in [0.15, 0.2) is 0 Å². The zero-order chi connectivity index (χ0) is 9.56. The molecule has 0 aliphatic rings. The average molecular weight is 175 g/mol. The van der Waals surface area contributed by atoms with E-state index in [-0.39, 0.29) is 0 Å². The Hall–Kier alpha value is -0.610. The first-order valence-electron chi connectivity index (χ1n) is 4.10. The van der Waals surface area contributed by atoms with Crippen molar-refractivity contribution in [2.45, 2.75) is 31.9 Å². The van der Waals surface area contributed by atoms with Crippen LogP contribution in [-0.4, -0.2) is 37.4 Å². The van der Waals surface area contributed by atoms with E-state index in [1.807, 2.05) is 6.92 Å². The summed E-state index contributed by atoms with van der Waals surface area (Å²) < 4.78 is 4.51. The van der Waals surface area contributed by atoms with Gasteiger partial charge in [0.15, 0.2) is 0 Å². The normalized spacial score (nSPS) is 15.3. The number of aliphatic hydroxyl groups is 1. The molecule has 2 atom stereocenters. The van der Waals surface area contributed by atoms with Gasteiger partial charge < -0.3 is 15.2 Å². The Bertz CT molecular complexity index is 138. The quantitative estimate of drug-likeness (QED) is 0.573. The molecule has 0 aliphatic carbocycles. The number of carbonyl (C=O) groups is 1. The molecule has 0 saturated heterocycles. The van der Waals surface area contributed by atoms with E-state index in [9.17, 15) is 9.90 Å². The van der Waals surface area contributed by atoms with Gasteiger partial charge in [-0.15, -0.1) is 0 Å². The highest BCUT2D eigenvalue weighted by molar-refractivity contribution is 5.76. The first-order chi connectivity index (χ1) is 5.67. The molecule has 4 heteroatoms. The summed E-state index contributed by atoms with van der Waals surface area (Å²) in [5.41, 5.74) is 0. The van der Waals surface area contributed by atoms with Crippen LogP contribution in [0.5, 0.6) is 0 Å². The number of carbonyl (C=O) groups excluding carboxylic acids is 1. The van der Waals surface area contributed by atoms with E-state index < -0.39 is 18.1 Å². The smallest absolute Gasteiger partial charge is 0.325 e. The van der Waals surface area contributed by atoms with Crippen LogP contribution < -0.4 is 5.32 Å². The van der Waals surface area contributed by atoms with Crippen molar-refractivity contribution in [1.29, 1.82) is 0 Å². The summed E-state index contributed by atoms with van der Waals surface area (Å²) in [6.45, 7) is 1.95. The molecule has 0 rings (SSSR count).